The Morgan fingerprint density at radius 1 is 1.21 bits per heavy atom. The third-order valence-corrected chi connectivity index (χ3v) is 6.59. The Bertz CT molecular complexity index is 1170. The number of aromatic nitrogens is 1. The number of benzene rings is 1. The number of nitrogens with zero attached hydrogens (tertiary/aromatic N) is 3. The second-order valence-corrected chi connectivity index (χ2v) is 9.02. The second kappa shape index (κ2) is 10.2. The number of allylic oxidation sites excluding steroid dienone is 2. The van der Waals surface area contributed by atoms with E-state index in [9.17, 15) is 10.0 Å². The van der Waals surface area contributed by atoms with Gasteiger partial charge in [0.1, 0.15) is 0 Å². The summed E-state index contributed by atoms with van der Waals surface area (Å²) >= 11 is 6.30. The van der Waals surface area contributed by atoms with Crippen molar-refractivity contribution in [1.82, 2.24) is 4.90 Å². The molecule has 0 saturated carbocycles. The predicted octanol–water partition coefficient (Wildman–Crippen LogP) is 5.05. The zero-order valence-corrected chi connectivity index (χ0v) is 19.6. The maximum Gasteiger partial charge on any atom is 0.227 e. The number of fused-ring (bicyclic) bond motifs is 2. The normalized spacial score (nSPS) is 16.4. The quantitative estimate of drug-likeness (QED) is 0.277. The largest absolute Gasteiger partial charge is 0.618 e. The van der Waals surface area contributed by atoms with Crippen LogP contribution < -0.4 is 4.73 Å². The van der Waals surface area contributed by atoms with E-state index in [2.05, 4.69) is 11.7 Å². The first kappa shape index (κ1) is 23.0. The van der Waals surface area contributed by atoms with E-state index in [1.807, 2.05) is 48.2 Å². The van der Waals surface area contributed by atoms with E-state index in [0.29, 0.717) is 24.5 Å². The summed E-state index contributed by atoms with van der Waals surface area (Å²) in [6.45, 7) is 6.66. The van der Waals surface area contributed by atoms with Gasteiger partial charge in [-0.2, -0.15) is 4.73 Å². The molecule has 0 bridgehead atoms. The minimum atomic E-state index is 0.125. The maximum absolute atomic E-state index is 12.9. The van der Waals surface area contributed by atoms with E-state index in [1.54, 1.807) is 18.5 Å². The van der Waals surface area contributed by atoms with Gasteiger partial charge in [-0.3, -0.25) is 9.79 Å². The molecule has 1 amide bonds. The average Bonchev–Trinajstić information content (AvgIpc) is 2.97. The molecule has 0 radical (unpaired) electrons. The number of carbonyl (C=O) groups excluding carboxylic acids is 1. The van der Waals surface area contributed by atoms with Crippen molar-refractivity contribution < 1.29 is 9.52 Å². The monoisotopic (exact) mass is 461 g/mol. The number of likely N-dealkylation sites (tertiary alicyclic amines) is 1. The van der Waals surface area contributed by atoms with Gasteiger partial charge in [0.15, 0.2) is 6.20 Å². The van der Waals surface area contributed by atoms with Crippen LogP contribution in [0.2, 0.25) is 5.02 Å². The van der Waals surface area contributed by atoms with E-state index in [1.165, 1.54) is 11.1 Å². The molecule has 4 rings (SSSR count). The second-order valence-electron chi connectivity index (χ2n) is 8.58. The molecule has 0 atom stereocenters. The molecular formula is C27H28ClN3O2. The fraction of sp³-hybridized carbons (Fsp3) is 0.296. The average molecular weight is 462 g/mol. The third kappa shape index (κ3) is 5.09. The Morgan fingerprint density at radius 2 is 1.97 bits per heavy atom. The Hall–Kier alpha value is -3.18. The smallest absolute Gasteiger partial charge is 0.227 e. The standard InChI is InChI=1S/C27H28ClN3O2/c1-19(5-3-13-29-2)17-25(32)30-15-11-20(12-16-30)26-24-10-9-23(28)18-22(24)8-7-21-6-4-14-31(33)27(21)26/h3-6,9-10,13-14,18H,2,7-8,11-12,15-17H2,1H3. The summed E-state index contributed by atoms with van der Waals surface area (Å²) in [7, 11) is 0. The number of amides is 1. The Kier molecular flexibility index (Phi) is 7.09. The molecular weight excluding hydrogens is 434 g/mol. The van der Waals surface area contributed by atoms with Crippen molar-refractivity contribution in [3.8, 4) is 0 Å². The molecule has 2 heterocycles. The highest BCUT2D eigenvalue weighted by Crippen LogP contribution is 2.38. The van der Waals surface area contributed by atoms with Crippen molar-refractivity contribution >= 4 is 29.8 Å². The number of pyridine rings is 1. The highest BCUT2D eigenvalue weighted by Gasteiger charge is 2.30. The van der Waals surface area contributed by atoms with Gasteiger partial charge in [-0.15, -0.1) is 0 Å². The van der Waals surface area contributed by atoms with Gasteiger partial charge >= 0.3 is 0 Å². The van der Waals surface area contributed by atoms with Gasteiger partial charge in [0, 0.05) is 42.4 Å². The maximum atomic E-state index is 12.9. The zero-order chi connectivity index (χ0) is 23.4. The predicted molar refractivity (Wildman–Crippen MR) is 133 cm³/mol. The molecule has 2 aliphatic rings. The van der Waals surface area contributed by atoms with E-state index in [0.717, 1.165) is 58.4 Å². The lowest BCUT2D eigenvalue weighted by molar-refractivity contribution is -0.608. The van der Waals surface area contributed by atoms with Crippen LogP contribution >= 0.6 is 11.6 Å². The molecule has 5 nitrogen and oxygen atoms in total. The van der Waals surface area contributed by atoms with E-state index in [-0.39, 0.29) is 5.91 Å². The molecule has 0 unspecified atom stereocenters. The molecule has 6 heteroatoms. The molecule has 1 aliphatic heterocycles. The Morgan fingerprint density at radius 3 is 2.73 bits per heavy atom. The number of carbonyl (C=O) groups is 1. The van der Waals surface area contributed by atoms with Crippen LogP contribution in [0.15, 0.2) is 71.0 Å². The Balaban J connectivity index is 1.63. The number of piperidine rings is 1. The molecule has 1 aromatic heterocycles. The van der Waals surface area contributed by atoms with Crippen LogP contribution in [0.1, 0.15) is 48.6 Å². The van der Waals surface area contributed by atoms with Gasteiger partial charge in [-0.05, 0) is 74.7 Å². The number of hydrogen-bond acceptors (Lipinski definition) is 3. The van der Waals surface area contributed by atoms with Gasteiger partial charge < -0.3 is 10.1 Å². The highest BCUT2D eigenvalue weighted by molar-refractivity contribution is 6.30. The first-order valence-electron chi connectivity index (χ1n) is 11.3. The minimum Gasteiger partial charge on any atom is -0.618 e. The summed E-state index contributed by atoms with van der Waals surface area (Å²) in [5, 5.41) is 13.6. The molecule has 2 aromatic rings. The van der Waals surface area contributed by atoms with Crippen LogP contribution in [0.4, 0.5) is 0 Å². The van der Waals surface area contributed by atoms with Gasteiger partial charge in [0.05, 0.1) is 5.57 Å². The van der Waals surface area contributed by atoms with Gasteiger partial charge in [-0.1, -0.05) is 34.9 Å². The fourth-order valence-electron chi connectivity index (χ4n) is 4.73. The fourth-order valence-corrected chi connectivity index (χ4v) is 4.92. The number of aliphatic imine (C=N–C) groups is 1. The lowest BCUT2D eigenvalue weighted by Gasteiger charge is -2.30. The van der Waals surface area contributed by atoms with Crippen LogP contribution in [-0.2, 0) is 17.6 Å². The van der Waals surface area contributed by atoms with Crippen molar-refractivity contribution in [3.63, 3.8) is 0 Å². The van der Waals surface area contributed by atoms with Gasteiger partial charge in [0.2, 0.25) is 11.6 Å². The third-order valence-electron chi connectivity index (χ3n) is 6.36. The molecule has 33 heavy (non-hydrogen) atoms. The summed E-state index contributed by atoms with van der Waals surface area (Å²) in [6, 6.07) is 9.81. The Labute approximate surface area is 200 Å². The van der Waals surface area contributed by atoms with Crippen molar-refractivity contribution in [3.05, 3.63) is 98.6 Å². The summed E-state index contributed by atoms with van der Waals surface area (Å²) in [4.78, 5) is 18.4. The summed E-state index contributed by atoms with van der Waals surface area (Å²) in [5.74, 6) is 0.125. The molecule has 170 valence electrons. The first-order chi connectivity index (χ1) is 16.0. The number of halogens is 1. The van der Waals surface area contributed by atoms with Crippen molar-refractivity contribution in [1.29, 1.82) is 0 Å². The summed E-state index contributed by atoms with van der Waals surface area (Å²) in [6.07, 6.45) is 10.4. The molecule has 1 fully saturated rings. The van der Waals surface area contributed by atoms with Gasteiger partial charge in [0.25, 0.3) is 0 Å². The van der Waals surface area contributed by atoms with Crippen LogP contribution in [-0.4, -0.2) is 30.6 Å². The van der Waals surface area contributed by atoms with Crippen molar-refractivity contribution in [2.75, 3.05) is 13.1 Å². The van der Waals surface area contributed by atoms with E-state index in [4.69, 9.17) is 11.6 Å². The van der Waals surface area contributed by atoms with Crippen molar-refractivity contribution in [2.45, 2.75) is 39.0 Å². The van der Waals surface area contributed by atoms with Gasteiger partial charge in [-0.25, -0.2) is 0 Å². The number of rotatable bonds is 4. The number of hydrogen-bond donors (Lipinski definition) is 0. The van der Waals surface area contributed by atoms with Crippen LogP contribution in [0.3, 0.4) is 0 Å². The van der Waals surface area contributed by atoms with E-state index < -0.39 is 0 Å². The zero-order valence-electron chi connectivity index (χ0n) is 18.9. The van der Waals surface area contributed by atoms with Crippen LogP contribution in [0, 0.1) is 5.21 Å². The van der Waals surface area contributed by atoms with Crippen molar-refractivity contribution in [2.24, 2.45) is 4.99 Å². The lowest BCUT2D eigenvalue weighted by atomic mass is 9.88. The van der Waals surface area contributed by atoms with Crippen LogP contribution in [0.5, 0.6) is 0 Å². The molecule has 0 N–H and O–H groups in total. The lowest BCUT2D eigenvalue weighted by Crippen LogP contribution is -2.37. The molecule has 1 aliphatic carbocycles. The topological polar surface area (TPSA) is 59.6 Å². The summed E-state index contributed by atoms with van der Waals surface area (Å²) < 4.78 is 0.999. The van der Waals surface area contributed by atoms with Crippen LogP contribution in [0.25, 0.3) is 5.57 Å². The molecule has 1 saturated heterocycles. The number of aryl methyl sites for hydroxylation is 2. The first-order valence-corrected chi connectivity index (χ1v) is 11.6. The SMILES string of the molecule is C=NC=CC=C(C)CC(=O)N1CCC(=C2c3ccc(Cl)cc3CCc3ccc[n+]([O-])c32)CC1. The van der Waals surface area contributed by atoms with E-state index >= 15 is 0 Å². The minimum absolute atomic E-state index is 0.125. The highest BCUT2D eigenvalue weighted by atomic mass is 35.5. The summed E-state index contributed by atoms with van der Waals surface area (Å²) in [5.41, 5.74) is 7.30. The molecule has 0 spiro atoms. The molecule has 1 aromatic carbocycles.